The first-order chi connectivity index (χ1) is 9.77. The molecular formula is C13H16FNO5S. The van der Waals surface area contributed by atoms with E-state index in [2.05, 4.69) is 4.74 Å². The van der Waals surface area contributed by atoms with E-state index in [1.54, 1.807) is 6.92 Å². The van der Waals surface area contributed by atoms with Crippen LogP contribution < -0.4 is 0 Å². The summed E-state index contributed by atoms with van der Waals surface area (Å²) in [5.41, 5.74) is 0.573. The fourth-order valence-corrected chi connectivity index (χ4v) is 4.11. The SMILES string of the molecule is COC(=O)C1CC(O)CN1S(=O)(=O)c1cc(C)ccc1F. The third kappa shape index (κ3) is 2.92. The second-order valence-electron chi connectivity index (χ2n) is 4.94. The molecule has 1 heterocycles. The average Bonchev–Trinajstić information content (AvgIpc) is 2.83. The number of aliphatic hydroxyl groups excluding tert-OH is 1. The lowest BCUT2D eigenvalue weighted by Crippen LogP contribution is -2.41. The van der Waals surface area contributed by atoms with Gasteiger partial charge in [-0.3, -0.25) is 4.79 Å². The molecule has 0 aromatic heterocycles. The number of hydrogen-bond donors (Lipinski definition) is 1. The molecule has 0 aliphatic carbocycles. The second kappa shape index (κ2) is 5.70. The minimum atomic E-state index is -4.23. The number of β-amino-alcohol motifs (C(OH)–C–C–N with tert-alkyl or cyclic N) is 1. The number of rotatable bonds is 3. The van der Waals surface area contributed by atoms with Gasteiger partial charge in [0.15, 0.2) is 0 Å². The average molecular weight is 317 g/mol. The number of ether oxygens (including phenoxy) is 1. The van der Waals surface area contributed by atoms with E-state index >= 15 is 0 Å². The summed E-state index contributed by atoms with van der Waals surface area (Å²) in [6.07, 6.45) is -1.06. The first-order valence-corrected chi connectivity index (χ1v) is 7.75. The lowest BCUT2D eigenvalue weighted by molar-refractivity contribution is -0.144. The Balaban J connectivity index is 2.47. The molecule has 0 radical (unpaired) electrons. The highest BCUT2D eigenvalue weighted by atomic mass is 32.2. The van der Waals surface area contributed by atoms with Gasteiger partial charge in [-0.15, -0.1) is 0 Å². The Morgan fingerprint density at radius 3 is 2.76 bits per heavy atom. The van der Waals surface area contributed by atoms with Gasteiger partial charge in [-0.05, 0) is 24.6 Å². The zero-order valence-corrected chi connectivity index (χ0v) is 12.4. The molecule has 2 atom stereocenters. The monoisotopic (exact) mass is 317 g/mol. The van der Waals surface area contributed by atoms with Crippen molar-refractivity contribution < 1.29 is 27.4 Å². The molecule has 6 nitrogen and oxygen atoms in total. The fourth-order valence-electron chi connectivity index (χ4n) is 2.33. The van der Waals surface area contributed by atoms with E-state index in [9.17, 15) is 22.7 Å². The van der Waals surface area contributed by atoms with Crippen LogP contribution in [0.25, 0.3) is 0 Å². The largest absolute Gasteiger partial charge is 0.468 e. The summed E-state index contributed by atoms with van der Waals surface area (Å²) >= 11 is 0. The Labute approximate surface area is 122 Å². The zero-order chi connectivity index (χ0) is 15.8. The van der Waals surface area contributed by atoms with Crippen molar-refractivity contribution in [2.75, 3.05) is 13.7 Å². The van der Waals surface area contributed by atoms with E-state index < -0.39 is 38.9 Å². The van der Waals surface area contributed by atoms with Crippen LogP contribution in [0, 0.1) is 12.7 Å². The molecule has 1 aromatic rings. The van der Waals surface area contributed by atoms with Crippen LogP contribution in [0.1, 0.15) is 12.0 Å². The molecule has 2 unspecified atom stereocenters. The van der Waals surface area contributed by atoms with Gasteiger partial charge in [0.25, 0.3) is 0 Å². The Bertz CT molecular complexity index is 661. The van der Waals surface area contributed by atoms with Crippen LogP contribution in [0.3, 0.4) is 0 Å². The normalized spacial score (nSPS) is 23.2. The molecule has 0 amide bonds. The third-order valence-corrected chi connectivity index (χ3v) is 5.27. The van der Waals surface area contributed by atoms with Gasteiger partial charge in [-0.2, -0.15) is 4.31 Å². The molecule has 0 spiro atoms. The number of sulfonamides is 1. The zero-order valence-electron chi connectivity index (χ0n) is 11.6. The summed E-state index contributed by atoms with van der Waals surface area (Å²) < 4.78 is 44.3. The third-order valence-electron chi connectivity index (χ3n) is 3.38. The molecule has 1 aromatic carbocycles. The second-order valence-corrected chi connectivity index (χ2v) is 6.80. The van der Waals surface area contributed by atoms with Crippen molar-refractivity contribution in [3.05, 3.63) is 29.6 Å². The Kier molecular flexibility index (Phi) is 4.31. The summed E-state index contributed by atoms with van der Waals surface area (Å²) in [7, 11) is -3.10. The van der Waals surface area contributed by atoms with Crippen molar-refractivity contribution in [2.45, 2.75) is 30.4 Å². The van der Waals surface area contributed by atoms with Crippen LogP contribution in [-0.4, -0.2) is 49.6 Å². The minimum absolute atomic E-state index is 0.0701. The van der Waals surface area contributed by atoms with Crippen molar-refractivity contribution in [2.24, 2.45) is 0 Å². The maximum absolute atomic E-state index is 13.8. The maximum atomic E-state index is 13.8. The van der Waals surface area contributed by atoms with E-state index in [0.29, 0.717) is 5.56 Å². The molecule has 1 saturated heterocycles. The number of aliphatic hydroxyl groups is 1. The molecule has 1 aliphatic heterocycles. The molecule has 2 rings (SSSR count). The van der Waals surface area contributed by atoms with Crippen molar-refractivity contribution >= 4 is 16.0 Å². The van der Waals surface area contributed by atoms with Gasteiger partial charge in [-0.25, -0.2) is 12.8 Å². The molecule has 8 heteroatoms. The number of carbonyl (C=O) groups excluding carboxylic acids is 1. The topological polar surface area (TPSA) is 83.9 Å². The predicted octanol–water partition coefficient (Wildman–Crippen LogP) is 0.431. The highest BCUT2D eigenvalue weighted by Gasteiger charge is 2.44. The van der Waals surface area contributed by atoms with Crippen LogP contribution >= 0.6 is 0 Å². The lowest BCUT2D eigenvalue weighted by atomic mass is 10.2. The number of nitrogens with zero attached hydrogens (tertiary/aromatic N) is 1. The summed E-state index contributed by atoms with van der Waals surface area (Å²) in [6.45, 7) is 1.37. The van der Waals surface area contributed by atoms with Gasteiger partial charge in [0.1, 0.15) is 16.8 Å². The molecule has 1 aliphatic rings. The van der Waals surface area contributed by atoms with E-state index in [1.165, 1.54) is 12.1 Å². The van der Waals surface area contributed by atoms with Gasteiger partial charge < -0.3 is 9.84 Å². The highest BCUT2D eigenvalue weighted by molar-refractivity contribution is 7.89. The maximum Gasteiger partial charge on any atom is 0.324 e. The Morgan fingerprint density at radius 1 is 1.48 bits per heavy atom. The molecule has 1 N–H and O–H groups in total. The number of esters is 1. The van der Waals surface area contributed by atoms with Gasteiger partial charge in [-0.1, -0.05) is 6.07 Å². The summed E-state index contributed by atoms with van der Waals surface area (Å²) in [5, 5.41) is 9.64. The first kappa shape index (κ1) is 15.9. The molecule has 0 bridgehead atoms. The Hall–Kier alpha value is -1.51. The summed E-state index contributed by atoms with van der Waals surface area (Å²) in [5.74, 6) is -1.67. The van der Waals surface area contributed by atoms with Crippen LogP contribution in [0.2, 0.25) is 0 Å². The number of carbonyl (C=O) groups is 1. The van der Waals surface area contributed by atoms with E-state index in [-0.39, 0.29) is 13.0 Å². The number of benzene rings is 1. The number of aryl methyl sites for hydroxylation is 1. The number of halogens is 1. The number of hydrogen-bond acceptors (Lipinski definition) is 5. The van der Waals surface area contributed by atoms with Crippen molar-refractivity contribution in [1.29, 1.82) is 0 Å². The van der Waals surface area contributed by atoms with Crippen molar-refractivity contribution in [3.63, 3.8) is 0 Å². The molecule has 116 valence electrons. The molecule has 1 fully saturated rings. The number of methoxy groups -OCH3 is 1. The smallest absolute Gasteiger partial charge is 0.324 e. The van der Waals surface area contributed by atoms with Crippen LogP contribution in [0.5, 0.6) is 0 Å². The van der Waals surface area contributed by atoms with Gasteiger partial charge in [0.05, 0.1) is 13.2 Å². The predicted molar refractivity (Wildman–Crippen MR) is 71.5 cm³/mol. The van der Waals surface area contributed by atoms with Crippen LogP contribution in [-0.2, 0) is 19.6 Å². The lowest BCUT2D eigenvalue weighted by Gasteiger charge is -2.22. The van der Waals surface area contributed by atoms with Gasteiger partial charge in [0.2, 0.25) is 10.0 Å². The molecular weight excluding hydrogens is 301 g/mol. The summed E-state index contributed by atoms with van der Waals surface area (Å²) in [4.78, 5) is 11.2. The molecule has 0 saturated carbocycles. The van der Waals surface area contributed by atoms with Crippen LogP contribution in [0.4, 0.5) is 4.39 Å². The Morgan fingerprint density at radius 2 is 2.14 bits per heavy atom. The van der Waals surface area contributed by atoms with Crippen LogP contribution in [0.15, 0.2) is 23.1 Å². The summed E-state index contributed by atoms with van der Waals surface area (Å²) in [6, 6.07) is 2.56. The molecule has 21 heavy (non-hydrogen) atoms. The first-order valence-electron chi connectivity index (χ1n) is 6.31. The van der Waals surface area contributed by atoms with Gasteiger partial charge >= 0.3 is 5.97 Å². The van der Waals surface area contributed by atoms with E-state index in [1.807, 2.05) is 0 Å². The van der Waals surface area contributed by atoms with Crippen molar-refractivity contribution in [3.8, 4) is 0 Å². The van der Waals surface area contributed by atoms with Crippen molar-refractivity contribution in [1.82, 2.24) is 4.31 Å². The quantitative estimate of drug-likeness (QED) is 0.818. The standard InChI is InChI=1S/C13H16FNO5S/c1-8-3-4-10(14)12(5-8)21(18,19)15-7-9(16)6-11(15)13(17)20-2/h3-5,9,11,16H,6-7H2,1-2H3. The van der Waals surface area contributed by atoms with Gasteiger partial charge in [0, 0.05) is 13.0 Å². The highest BCUT2D eigenvalue weighted by Crippen LogP contribution is 2.28. The minimum Gasteiger partial charge on any atom is -0.468 e. The van der Waals surface area contributed by atoms with E-state index in [0.717, 1.165) is 17.5 Å². The fraction of sp³-hybridized carbons (Fsp3) is 0.462. The van der Waals surface area contributed by atoms with E-state index in [4.69, 9.17) is 0 Å².